The lowest BCUT2D eigenvalue weighted by Gasteiger charge is -2.13. The van der Waals surface area contributed by atoms with E-state index < -0.39 is 10.0 Å². The van der Waals surface area contributed by atoms with Crippen LogP contribution in [-0.2, 0) is 21.9 Å². The van der Waals surface area contributed by atoms with Gasteiger partial charge in [-0.05, 0) is 47.5 Å². The number of carbonyl (C=O) groups is 1. The lowest BCUT2D eigenvalue weighted by molar-refractivity contribution is -0.113. The standard InChI is InChI=1S/C15H20N6O3S2/c1-21-15(17-19-20-21)25-10-14(22)16-11-6-8-13(9-7-11)26(23,24)18-12-4-2-3-5-12/h6-9,12,18H,2-5,10H2,1H3,(H,16,22). The van der Waals surface area contributed by atoms with Crippen molar-refractivity contribution in [2.24, 2.45) is 7.05 Å². The van der Waals surface area contributed by atoms with Gasteiger partial charge in [-0.2, -0.15) is 0 Å². The van der Waals surface area contributed by atoms with E-state index >= 15 is 0 Å². The van der Waals surface area contributed by atoms with E-state index in [-0.39, 0.29) is 22.6 Å². The highest BCUT2D eigenvalue weighted by molar-refractivity contribution is 7.99. The van der Waals surface area contributed by atoms with Crippen molar-refractivity contribution in [1.29, 1.82) is 0 Å². The van der Waals surface area contributed by atoms with Crippen LogP contribution in [0.1, 0.15) is 25.7 Å². The molecule has 1 fully saturated rings. The van der Waals surface area contributed by atoms with Gasteiger partial charge in [-0.3, -0.25) is 4.79 Å². The normalized spacial score (nSPS) is 15.3. The molecule has 0 bridgehead atoms. The van der Waals surface area contributed by atoms with Crippen molar-refractivity contribution in [3.05, 3.63) is 24.3 Å². The first-order valence-electron chi connectivity index (χ1n) is 8.21. The van der Waals surface area contributed by atoms with Gasteiger partial charge in [0.05, 0.1) is 10.6 Å². The molecule has 1 aliphatic carbocycles. The summed E-state index contributed by atoms with van der Waals surface area (Å²) < 4.78 is 28.9. The van der Waals surface area contributed by atoms with Crippen LogP contribution in [0, 0.1) is 0 Å². The summed E-state index contributed by atoms with van der Waals surface area (Å²) in [5.41, 5.74) is 0.534. The van der Waals surface area contributed by atoms with E-state index in [0.29, 0.717) is 10.8 Å². The maximum Gasteiger partial charge on any atom is 0.240 e. The van der Waals surface area contributed by atoms with Crippen molar-refractivity contribution in [1.82, 2.24) is 24.9 Å². The highest BCUT2D eigenvalue weighted by Gasteiger charge is 2.22. The number of tetrazole rings is 1. The molecule has 3 rings (SSSR count). The molecule has 0 aliphatic heterocycles. The molecule has 1 amide bonds. The van der Waals surface area contributed by atoms with Crippen LogP contribution in [0.2, 0.25) is 0 Å². The summed E-state index contributed by atoms with van der Waals surface area (Å²) in [5, 5.41) is 14.2. The van der Waals surface area contributed by atoms with Crippen LogP contribution >= 0.6 is 11.8 Å². The van der Waals surface area contributed by atoms with Crippen LogP contribution in [0.4, 0.5) is 5.69 Å². The van der Waals surface area contributed by atoms with E-state index in [0.717, 1.165) is 25.7 Å². The molecule has 140 valence electrons. The lowest BCUT2D eigenvalue weighted by Crippen LogP contribution is -2.32. The van der Waals surface area contributed by atoms with Crippen molar-refractivity contribution < 1.29 is 13.2 Å². The first-order chi connectivity index (χ1) is 12.4. The van der Waals surface area contributed by atoms with Gasteiger partial charge < -0.3 is 5.32 Å². The number of hydrogen-bond acceptors (Lipinski definition) is 7. The molecule has 2 aromatic rings. The zero-order chi connectivity index (χ0) is 18.6. The first-order valence-corrected chi connectivity index (χ1v) is 10.7. The fourth-order valence-corrected chi connectivity index (χ4v) is 4.67. The van der Waals surface area contributed by atoms with Crippen LogP contribution in [0.3, 0.4) is 0 Å². The summed E-state index contributed by atoms with van der Waals surface area (Å²) in [6.07, 6.45) is 3.87. The smallest absolute Gasteiger partial charge is 0.240 e. The van der Waals surface area contributed by atoms with Crippen molar-refractivity contribution in [2.45, 2.75) is 41.8 Å². The predicted octanol–water partition coefficient (Wildman–Crippen LogP) is 1.16. The molecule has 1 aliphatic rings. The van der Waals surface area contributed by atoms with E-state index in [1.165, 1.54) is 28.6 Å². The summed E-state index contributed by atoms with van der Waals surface area (Å²) in [6.45, 7) is 0. The van der Waals surface area contributed by atoms with E-state index in [2.05, 4.69) is 25.6 Å². The number of amides is 1. The Kier molecular flexibility index (Phi) is 5.89. The second-order valence-electron chi connectivity index (χ2n) is 6.05. The molecule has 2 N–H and O–H groups in total. The van der Waals surface area contributed by atoms with Crippen molar-refractivity contribution in [3.8, 4) is 0 Å². The Bertz CT molecular complexity index is 860. The van der Waals surface area contributed by atoms with E-state index in [1.807, 2.05) is 0 Å². The maximum atomic E-state index is 12.4. The molecule has 1 saturated carbocycles. The van der Waals surface area contributed by atoms with Gasteiger partial charge in [-0.25, -0.2) is 17.8 Å². The Morgan fingerprint density at radius 2 is 1.96 bits per heavy atom. The second-order valence-corrected chi connectivity index (χ2v) is 8.71. The Morgan fingerprint density at radius 3 is 2.58 bits per heavy atom. The molecule has 0 saturated heterocycles. The third-order valence-electron chi connectivity index (χ3n) is 4.04. The minimum absolute atomic E-state index is 0.0199. The Morgan fingerprint density at radius 1 is 1.27 bits per heavy atom. The van der Waals surface area contributed by atoms with Crippen molar-refractivity contribution in [3.63, 3.8) is 0 Å². The molecule has 9 nitrogen and oxygen atoms in total. The fourth-order valence-electron chi connectivity index (χ4n) is 2.72. The molecule has 1 aromatic heterocycles. The number of nitrogens with zero attached hydrogens (tertiary/aromatic N) is 4. The molecule has 0 atom stereocenters. The van der Waals surface area contributed by atoms with Crippen LogP contribution in [0.25, 0.3) is 0 Å². The summed E-state index contributed by atoms with van der Waals surface area (Å²) in [6, 6.07) is 6.16. The third-order valence-corrected chi connectivity index (χ3v) is 6.59. The molecular weight excluding hydrogens is 376 g/mol. The van der Waals surface area contributed by atoms with Gasteiger partial charge in [0, 0.05) is 18.8 Å². The Balaban J connectivity index is 1.55. The average molecular weight is 396 g/mol. The van der Waals surface area contributed by atoms with Crippen LogP contribution in [-0.4, -0.2) is 46.3 Å². The molecule has 26 heavy (non-hydrogen) atoms. The minimum atomic E-state index is -3.53. The number of anilines is 1. The molecule has 0 spiro atoms. The molecular formula is C15H20N6O3S2. The second kappa shape index (κ2) is 8.14. The summed E-state index contributed by atoms with van der Waals surface area (Å²) >= 11 is 1.22. The molecule has 0 unspecified atom stereocenters. The summed E-state index contributed by atoms with van der Waals surface area (Å²) in [4.78, 5) is 12.2. The molecule has 1 heterocycles. The number of aryl methyl sites for hydroxylation is 1. The number of carbonyl (C=O) groups excluding carboxylic acids is 1. The average Bonchev–Trinajstić information content (AvgIpc) is 3.25. The maximum absolute atomic E-state index is 12.4. The highest BCUT2D eigenvalue weighted by atomic mass is 32.2. The number of sulfonamides is 1. The number of thioether (sulfide) groups is 1. The topological polar surface area (TPSA) is 119 Å². The first kappa shape index (κ1) is 18.8. The molecule has 0 radical (unpaired) electrons. The number of hydrogen-bond donors (Lipinski definition) is 2. The fraction of sp³-hybridized carbons (Fsp3) is 0.467. The number of benzene rings is 1. The van der Waals surface area contributed by atoms with Gasteiger partial charge in [-0.1, -0.05) is 24.6 Å². The van der Waals surface area contributed by atoms with Gasteiger partial charge >= 0.3 is 0 Å². The van der Waals surface area contributed by atoms with Gasteiger partial charge in [-0.15, -0.1) is 5.10 Å². The van der Waals surface area contributed by atoms with Crippen LogP contribution in [0.15, 0.2) is 34.3 Å². The van der Waals surface area contributed by atoms with E-state index in [9.17, 15) is 13.2 Å². The zero-order valence-corrected chi connectivity index (χ0v) is 15.9. The van der Waals surface area contributed by atoms with E-state index in [1.54, 1.807) is 19.2 Å². The van der Waals surface area contributed by atoms with Crippen molar-refractivity contribution >= 4 is 33.4 Å². The molecule has 1 aromatic carbocycles. The van der Waals surface area contributed by atoms with Crippen LogP contribution < -0.4 is 10.0 Å². The number of rotatable bonds is 7. The summed E-state index contributed by atoms with van der Waals surface area (Å²) in [5.74, 6) is -0.0741. The zero-order valence-electron chi connectivity index (χ0n) is 14.3. The lowest BCUT2D eigenvalue weighted by atomic mass is 10.3. The monoisotopic (exact) mass is 396 g/mol. The predicted molar refractivity (Wildman–Crippen MR) is 97.2 cm³/mol. The number of nitrogens with one attached hydrogen (secondary N) is 2. The van der Waals surface area contributed by atoms with Gasteiger partial charge in [0.15, 0.2) is 0 Å². The van der Waals surface area contributed by atoms with Gasteiger partial charge in [0.1, 0.15) is 0 Å². The largest absolute Gasteiger partial charge is 0.325 e. The SMILES string of the molecule is Cn1nnnc1SCC(=O)Nc1ccc(S(=O)(=O)NC2CCCC2)cc1. The van der Waals surface area contributed by atoms with Gasteiger partial charge in [0.25, 0.3) is 0 Å². The Hall–Kier alpha value is -1.98. The highest BCUT2D eigenvalue weighted by Crippen LogP contribution is 2.21. The molecule has 11 heteroatoms. The quantitative estimate of drug-likeness (QED) is 0.674. The van der Waals surface area contributed by atoms with Gasteiger partial charge in [0.2, 0.25) is 21.1 Å². The van der Waals surface area contributed by atoms with Crippen molar-refractivity contribution in [2.75, 3.05) is 11.1 Å². The van der Waals surface area contributed by atoms with E-state index in [4.69, 9.17) is 0 Å². The minimum Gasteiger partial charge on any atom is -0.325 e. The number of aromatic nitrogens is 4. The third kappa shape index (κ3) is 4.80. The Labute approximate surface area is 156 Å². The summed E-state index contributed by atoms with van der Waals surface area (Å²) in [7, 11) is -1.83. The van der Waals surface area contributed by atoms with Crippen LogP contribution in [0.5, 0.6) is 0 Å².